The van der Waals surface area contributed by atoms with Gasteiger partial charge in [0.2, 0.25) is 5.91 Å². The van der Waals surface area contributed by atoms with E-state index in [0.29, 0.717) is 29.3 Å². The Kier molecular flexibility index (Phi) is 7.86. The van der Waals surface area contributed by atoms with E-state index in [9.17, 15) is 9.59 Å². The second kappa shape index (κ2) is 10.4. The number of ether oxygens (including phenoxy) is 1. The molecule has 0 aromatic heterocycles. The van der Waals surface area contributed by atoms with Gasteiger partial charge in [-0.25, -0.2) is 0 Å². The SMILES string of the molecule is CCCCCOc1ccccc1C(=O)Nc1cccc(NC(=O)C(C)C)c1. The largest absolute Gasteiger partial charge is 0.493 e. The quantitative estimate of drug-likeness (QED) is 0.605. The highest BCUT2D eigenvalue weighted by Gasteiger charge is 2.13. The van der Waals surface area contributed by atoms with E-state index in [-0.39, 0.29) is 17.7 Å². The lowest BCUT2D eigenvalue weighted by Gasteiger charge is -2.13. The van der Waals surface area contributed by atoms with Gasteiger partial charge in [0.1, 0.15) is 5.75 Å². The Morgan fingerprint density at radius 2 is 1.67 bits per heavy atom. The van der Waals surface area contributed by atoms with Crippen LogP contribution in [0.1, 0.15) is 50.4 Å². The molecule has 0 saturated heterocycles. The lowest BCUT2D eigenvalue weighted by Crippen LogP contribution is -2.18. The normalized spacial score (nSPS) is 10.5. The Morgan fingerprint density at radius 1 is 0.963 bits per heavy atom. The van der Waals surface area contributed by atoms with Crippen molar-refractivity contribution in [1.29, 1.82) is 0 Å². The van der Waals surface area contributed by atoms with Gasteiger partial charge < -0.3 is 15.4 Å². The molecule has 0 spiro atoms. The highest BCUT2D eigenvalue weighted by Crippen LogP contribution is 2.22. The van der Waals surface area contributed by atoms with Gasteiger partial charge >= 0.3 is 0 Å². The first-order chi connectivity index (χ1) is 13.0. The third-order valence-electron chi connectivity index (χ3n) is 4.05. The summed E-state index contributed by atoms with van der Waals surface area (Å²) in [5, 5.41) is 5.70. The molecule has 0 fully saturated rings. The van der Waals surface area contributed by atoms with Crippen molar-refractivity contribution in [2.24, 2.45) is 5.92 Å². The average molecular weight is 368 g/mol. The first-order valence-electron chi connectivity index (χ1n) is 9.45. The summed E-state index contributed by atoms with van der Waals surface area (Å²) < 4.78 is 5.78. The molecule has 0 unspecified atom stereocenters. The molecule has 5 nitrogen and oxygen atoms in total. The zero-order chi connectivity index (χ0) is 19.6. The van der Waals surface area contributed by atoms with E-state index in [2.05, 4.69) is 17.6 Å². The fourth-order valence-corrected chi connectivity index (χ4v) is 2.47. The molecule has 0 saturated carbocycles. The van der Waals surface area contributed by atoms with Crippen molar-refractivity contribution < 1.29 is 14.3 Å². The van der Waals surface area contributed by atoms with Crippen LogP contribution in [0, 0.1) is 5.92 Å². The van der Waals surface area contributed by atoms with E-state index >= 15 is 0 Å². The number of nitrogens with one attached hydrogen (secondary N) is 2. The van der Waals surface area contributed by atoms with Crippen LogP contribution in [0.5, 0.6) is 5.75 Å². The number of hydrogen-bond donors (Lipinski definition) is 2. The zero-order valence-electron chi connectivity index (χ0n) is 16.2. The van der Waals surface area contributed by atoms with Crippen LogP contribution in [-0.4, -0.2) is 18.4 Å². The minimum Gasteiger partial charge on any atom is -0.493 e. The molecule has 2 aromatic carbocycles. The topological polar surface area (TPSA) is 67.4 Å². The molecule has 2 rings (SSSR count). The second-order valence-electron chi connectivity index (χ2n) is 6.73. The Morgan fingerprint density at radius 3 is 2.37 bits per heavy atom. The molecule has 0 aliphatic carbocycles. The second-order valence-corrected chi connectivity index (χ2v) is 6.73. The van der Waals surface area contributed by atoms with Crippen LogP contribution in [0.3, 0.4) is 0 Å². The third kappa shape index (κ3) is 6.44. The fourth-order valence-electron chi connectivity index (χ4n) is 2.47. The minimum atomic E-state index is -0.242. The molecule has 0 heterocycles. The summed E-state index contributed by atoms with van der Waals surface area (Å²) in [4.78, 5) is 24.5. The van der Waals surface area contributed by atoms with E-state index in [1.807, 2.05) is 26.0 Å². The molecule has 2 N–H and O–H groups in total. The van der Waals surface area contributed by atoms with Gasteiger partial charge in [-0.15, -0.1) is 0 Å². The molecule has 2 amide bonds. The van der Waals surface area contributed by atoms with Crippen molar-refractivity contribution in [3.05, 3.63) is 54.1 Å². The number of hydrogen-bond acceptors (Lipinski definition) is 3. The van der Waals surface area contributed by atoms with Gasteiger partial charge in [0, 0.05) is 17.3 Å². The summed E-state index contributed by atoms with van der Waals surface area (Å²) in [5.41, 5.74) is 1.75. The number of carbonyl (C=O) groups excluding carboxylic acids is 2. The van der Waals surface area contributed by atoms with Crippen LogP contribution in [0.25, 0.3) is 0 Å². The van der Waals surface area contributed by atoms with Crippen LogP contribution in [-0.2, 0) is 4.79 Å². The number of rotatable bonds is 9. The van der Waals surface area contributed by atoms with Crippen molar-refractivity contribution in [1.82, 2.24) is 0 Å². The van der Waals surface area contributed by atoms with Crippen LogP contribution < -0.4 is 15.4 Å². The maximum Gasteiger partial charge on any atom is 0.259 e. The third-order valence-corrected chi connectivity index (χ3v) is 4.05. The molecule has 0 aliphatic heterocycles. The van der Waals surface area contributed by atoms with Gasteiger partial charge in [0.15, 0.2) is 0 Å². The van der Waals surface area contributed by atoms with Crippen LogP contribution in [0.15, 0.2) is 48.5 Å². The van der Waals surface area contributed by atoms with Gasteiger partial charge in [0.25, 0.3) is 5.91 Å². The standard InChI is InChI=1S/C22H28N2O3/c1-4-5-8-14-27-20-13-7-6-12-19(20)22(26)24-18-11-9-10-17(15-18)23-21(25)16(2)3/h6-7,9-13,15-16H,4-5,8,14H2,1-3H3,(H,23,25)(H,24,26). The van der Waals surface area contributed by atoms with E-state index in [4.69, 9.17) is 4.74 Å². The van der Waals surface area contributed by atoms with Crippen LogP contribution >= 0.6 is 0 Å². The predicted molar refractivity (Wildman–Crippen MR) is 109 cm³/mol. The maximum atomic E-state index is 12.7. The molecule has 0 atom stereocenters. The van der Waals surface area contributed by atoms with Gasteiger partial charge in [0.05, 0.1) is 12.2 Å². The van der Waals surface area contributed by atoms with Crippen molar-refractivity contribution >= 4 is 23.2 Å². The Bertz CT molecular complexity index is 772. The number of benzene rings is 2. The van der Waals surface area contributed by atoms with Crippen LogP contribution in [0.2, 0.25) is 0 Å². The van der Waals surface area contributed by atoms with Crippen molar-refractivity contribution in [3.8, 4) is 5.75 Å². The lowest BCUT2D eigenvalue weighted by atomic mass is 10.1. The van der Waals surface area contributed by atoms with Crippen molar-refractivity contribution in [3.63, 3.8) is 0 Å². The molecule has 0 radical (unpaired) electrons. The Hall–Kier alpha value is -2.82. The van der Waals surface area contributed by atoms with Gasteiger partial charge in [-0.05, 0) is 36.8 Å². The van der Waals surface area contributed by atoms with Gasteiger partial charge in [-0.1, -0.05) is 51.8 Å². The maximum absolute atomic E-state index is 12.7. The molecule has 0 bridgehead atoms. The van der Waals surface area contributed by atoms with Crippen molar-refractivity contribution in [2.75, 3.05) is 17.2 Å². The highest BCUT2D eigenvalue weighted by atomic mass is 16.5. The van der Waals surface area contributed by atoms with Crippen LogP contribution in [0.4, 0.5) is 11.4 Å². The molecule has 27 heavy (non-hydrogen) atoms. The fraction of sp³-hybridized carbons (Fsp3) is 0.364. The summed E-state index contributed by atoms with van der Waals surface area (Å²) in [7, 11) is 0. The molecule has 2 aromatic rings. The minimum absolute atomic E-state index is 0.0655. The summed E-state index contributed by atoms with van der Waals surface area (Å²) in [6, 6.07) is 14.3. The molecular formula is C22H28N2O3. The monoisotopic (exact) mass is 368 g/mol. The number of amides is 2. The van der Waals surface area contributed by atoms with E-state index in [0.717, 1.165) is 19.3 Å². The number of para-hydroxylation sites is 1. The first-order valence-corrected chi connectivity index (χ1v) is 9.45. The molecular weight excluding hydrogens is 340 g/mol. The highest BCUT2D eigenvalue weighted by molar-refractivity contribution is 6.06. The van der Waals surface area contributed by atoms with E-state index < -0.39 is 0 Å². The molecule has 0 aliphatic rings. The predicted octanol–water partition coefficient (Wildman–Crippen LogP) is 5.10. The number of carbonyl (C=O) groups is 2. The molecule has 5 heteroatoms. The summed E-state index contributed by atoms with van der Waals surface area (Å²) >= 11 is 0. The zero-order valence-corrected chi connectivity index (χ0v) is 16.2. The van der Waals surface area contributed by atoms with E-state index in [1.54, 1.807) is 36.4 Å². The van der Waals surface area contributed by atoms with Crippen molar-refractivity contribution in [2.45, 2.75) is 40.0 Å². The summed E-state index contributed by atoms with van der Waals surface area (Å²) in [6.45, 7) is 6.39. The summed E-state index contributed by atoms with van der Waals surface area (Å²) in [6.07, 6.45) is 3.18. The summed E-state index contributed by atoms with van der Waals surface area (Å²) in [5.74, 6) is 0.160. The number of unbranched alkanes of at least 4 members (excludes halogenated alkanes) is 2. The number of anilines is 2. The first kappa shape index (κ1) is 20.5. The van der Waals surface area contributed by atoms with Gasteiger partial charge in [-0.2, -0.15) is 0 Å². The van der Waals surface area contributed by atoms with E-state index in [1.165, 1.54) is 0 Å². The molecule has 144 valence electrons. The Balaban J connectivity index is 2.06. The van der Waals surface area contributed by atoms with Gasteiger partial charge in [-0.3, -0.25) is 9.59 Å². The lowest BCUT2D eigenvalue weighted by molar-refractivity contribution is -0.118. The average Bonchev–Trinajstić information content (AvgIpc) is 2.65. The smallest absolute Gasteiger partial charge is 0.259 e. The Labute approximate surface area is 161 Å².